The quantitative estimate of drug-likeness (QED) is 0.712. The lowest BCUT2D eigenvalue weighted by atomic mass is 10.2. The molecule has 2 N–H and O–H groups in total. The fourth-order valence-electron chi connectivity index (χ4n) is 1.49. The van der Waals surface area contributed by atoms with Crippen molar-refractivity contribution in [3.8, 4) is 0 Å². The van der Waals surface area contributed by atoms with Crippen LogP contribution in [0.4, 0.5) is 0 Å². The third kappa shape index (κ3) is 5.38. The van der Waals surface area contributed by atoms with Gasteiger partial charge in [0, 0.05) is 29.5 Å². The SMILES string of the molecule is CCCNC(C)c1ccc(SCC(C)CO)cn1. The highest BCUT2D eigenvalue weighted by atomic mass is 32.2. The lowest BCUT2D eigenvalue weighted by Crippen LogP contribution is -2.20. The zero-order chi connectivity index (χ0) is 13.4. The van der Waals surface area contributed by atoms with E-state index in [2.05, 4.69) is 36.3 Å². The van der Waals surface area contributed by atoms with Crippen molar-refractivity contribution in [2.24, 2.45) is 5.92 Å². The van der Waals surface area contributed by atoms with E-state index in [1.54, 1.807) is 11.8 Å². The van der Waals surface area contributed by atoms with Gasteiger partial charge in [0.05, 0.1) is 5.69 Å². The van der Waals surface area contributed by atoms with Crippen LogP contribution in [-0.4, -0.2) is 29.0 Å². The van der Waals surface area contributed by atoms with E-state index in [9.17, 15) is 0 Å². The summed E-state index contributed by atoms with van der Waals surface area (Å²) in [7, 11) is 0. The second kappa shape index (κ2) is 8.51. The van der Waals surface area contributed by atoms with Gasteiger partial charge in [0.15, 0.2) is 0 Å². The van der Waals surface area contributed by atoms with E-state index in [0.29, 0.717) is 12.0 Å². The van der Waals surface area contributed by atoms with Crippen molar-refractivity contribution < 1.29 is 5.11 Å². The molecule has 1 aromatic heterocycles. The Labute approximate surface area is 114 Å². The number of aliphatic hydroxyl groups is 1. The Bertz CT molecular complexity index is 329. The molecule has 0 aliphatic carbocycles. The Kier molecular flexibility index (Phi) is 7.32. The minimum Gasteiger partial charge on any atom is -0.396 e. The maximum absolute atomic E-state index is 8.97. The Morgan fingerprint density at radius 1 is 1.39 bits per heavy atom. The van der Waals surface area contributed by atoms with E-state index in [0.717, 1.165) is 24.4 Å². The molecule has 0 saturated carbocycles. The fraction of sp³-hybridized carbons (Fsp3) is 0.643. The summed E-state index contributed by atoms with van der Waals surface area (Å²) >= 11 is 1.75. The van der Waals surface area contributed by atoms with Crippen LogP contribution in [0.5, 0.6) is 0 Å². The van der Waals surface area contributed by atoms with Crippen LogP contribution in [0, 0.1) is 5.92 Å². The lowest BCUT2D eigenvalue weighted by molar-refractivity contribution is 0.250. The number of aliphatic hydroxyl groups excluding tert-OH is 1. The number of hydrogen-bond donors (Lipinski definition) is 2. The van der Waals surface area contributed by atoms with Crippen LogP contribution in [-0.2, 0) is 0 Å². The number of nitrogens with one attached hydrogen (secondary N) is 1. The van der Waals surface area contributed by atoms with Crippen molar-refractivity contribution >= 4 is 11.8 Å². The van der Waals surface area contributed by atoms with Gasteiger partial charge in [-0.3, -0.25) is 4.98 Å². The van der Waals surface area contributed by atoms with Crippen LogP contribution in [0.1, 0.15) is 38.9 Å². The zero-order valence-corrected chi connectivity index (χ0v) is 12.3. The number of rotatable bonds is 8. The predicted octanol–water partition coefficient (Wildman–Crippen LogP) is 2.86. The molecule has 1 heterocycles. The number of hydrogen-bond acceptors (Lipinski definition) is 4. The van der Waals surface area contributed by atoms with Crippen LogP contribution in [0.2, 0.25) is 0 Å². The minimum absolute atomic E-state index is 0.247. The summed E-state index contributed by atoms with van der Waals surface area (Å²) in [6.07, 6.45) is 3.06. The normalized spacial score (nSPS) is 14.4. The van der Waals surface area contributed by atoms with Gasteiger partial charge in [0.1, 0.15) is 0 Å². The largest absolute Gasteiger partial charge is 0.396 e. The summed E-state index contributed by atoms with van der Waals surface area (Å²) in [4.78, 5) is 5.66. The molecule has 0 amide bonds. The van der Waals surface area contributed by atoms with Crippen molar-refractivity contribution in [1.82, 2.24) is 10.3 Å². The summed E-state index contributed by atoms with van der Waals surface area (Å²) in [6.45, 7) is 7.61. The first-order valence-electron chi connectivity index (χ1n) is 6.60. The molecule has 0 spiro atoms. The highest BCUT2D eigenvalue weighted by Gasteiger charge is 2.06. The Morgan fingerprint density at radius 3 is 2.72 bits per heavy atom. The topological polar surface area (TPSA) is 45.1 Å². The van der Waals surface area contributed by atoms with Gasteiger partial charge in [0.25, 0.3) is 0 Å². The van der Waals surface area contributed by atoms with Gasteiger partial charge in [-0.1, -0.05) is 13.8 Å². The molecule has 0 saturated heterocycles. The first-order valence-corrected chi connectivity index (χ1v) is 7.58. The Balaban J connectivity index is 2.46. The molecule has 4 heteroatoms. The third-order valence-electron chi connectivity index (χ3n) is 2.75. The molecule has 2 atom stereocenters. The average Bonchev–Trinajstić information content (AvgIpc) is 2.42. The molecule has 0 aliphatic rings. The summed E-state index contributed by atoms with van der Waals surface area (Å²) in [5.41, 5.74) is 1.09. The van der Waals surface area contributed by atoms with Gasteiger partial charge in [-0.2, -0.15) is 0 Å². The molecular weight excluding hydrogens is 244 g/mol. The van der Waals surface area contributed by atoms with Crippen LogP contribution >= 0.6 is 11.8 Å². The minimum atomic E-state index is 0.247. The second-order valence-corrected chi connectivity index (χ2v) is 5.79. The predicted molar refractivity (Wildman–Crippen MR) is 77.9 cm³/mol. The molecule has 18 heavy (non-hydrogen) atoms. The zero-order valence-electron chi connectivity index (χ0n) is 11.5. The fourth-order valence-corrected chi connectivity index (χ4v) is 2.36. The van der Waals surface area contributed by atoms with Crippen LogP contribution < -0.4 is 5.32 Å². The highest BCUT2D eigenvalue weighted by Crippen LogP contribution is 2.21. The number of thioether (sulfide) groups is 1. The van der Waals surface area contributed by atoms with E-state index < -0.39 is 0 Å². The average molecular weight is 268 g/mol. The van der Waals surface area contributed by atoms with Gasteiger partial charge in [-0.25, -0.2) is 0 Å². The van der Waals surface area contributed by atoms with Gasteiger partial charge in [-0.05, 0) is 37.9 Å². The van der Waals surface area contributed by atoms with Crippen LogP contribution in [0.25, 0.3) is 0 Å². The molecule has 0 aliphatic heterocycles. The van der Waals surface area contributed by atoms with E-state index in [4.69, 9.17) is 5.11 Å². The van der Waals surface area contributed by atoms with Crippen molar-refractivity contribution in [3.63, 3.8) is 0 Å². The second-order valence-electron chi connectivity index (χ2n) is 4.69. The first kappa shape index (κ1) is 15.5. The molecule has 1 aromatic rings. The maximum Gasteiger partial charge on any atom is 0.0571 e. The number of nitrogens with zero attached hydrogens (tertiary/aromatic N) is 1. The summed E-state index contributed by atoms with van der Waals surface area (Å²) < 4.78 is 0. The molecule has 0 aromatic carbocycles. The van der Waals surface area contributed by atoms with E-state index in [1.165, 1.54) is 4.90 Å². The standard InChI is InChI=1S/C14H24N2OS/c1-4-7-15-12(3)14-6-5-13(8-16-14)18-10-11(2)9-17/h5-6,8,11-12,15,17H,4,7,9-10H2,1-3H3. The summed E-state index contributed by atoms with van der Waals surface area (Å²) in [5, 5.41) is 12.4. The van der Waals surface area contributed by atoms with Crippen molar-refractivity contribution in [2.75, 3.05) is 18.9 Å². The van der Waals surface area contributed by atoms with Crippen molar-refractivity contribution in [1.29, 1.82) is 0 Å². The third-order valence-corrected chi connectivity index (χ3v) is 4.06. The van der Waals surface area contributed by atoms with Gasteiger partial charge in [-0.15, -0.1) is 11.8 Å². The maximum atomic E-state index is 8.97. The van der Waals surface area contributed by atoms with Gasteiger partial charge >= 0.3 is 0 Å². The number of aromatic nitrogens is 1. The van der Waals surface area contributed by atoms with Gasteiger partial charge < -0.3 is 10.4 Å². The molecule has 2 unspecified atom stereocenters. The molecule has 0 radical (unpaired) electrons. The Hall–Kier alpha value is -0.580. The summed E-state index contributed by atoms with van der Waals surface area (Å²) in [6, 6.07) is 4.50. The van der Waals surface area contributed by atoms with Crippen LogP contribution in [0.3, 0.4) is 0 Å². The van der Waals surface area contributed by atoms with E-state index >= 15 is 0 Å². The van der Waals surface area contributed by atoms with Crippen LogP contribution in [0.15, 0.2) is 23.2 Å². The lowest BCUT2D eigenvalue weighted by Gasteiger charge is -2.13. The first-order chi connectivity index (χ1) is 8.67. The number of pyridine rings is 1. The Morgan fingerprint density at radius 2 is 2.17 bits per heavy atom. The molecule has 1 rings (SSSR count). The van der Waals surface area contributed by atoms with E-state index in [-0.39, 0.29) is 6.61 Å². The molecular formula is C14H24N2OS. The van der Waals surface area contributed by atoms with Gasteiger partial charge in [0.2, 0.25) is 0 Å². The molecule has 0 bridgehead atoms. The highest BCUT2D eigenvalue weighted by molar-refractivity contribution is 7.99. The summed E-state index contributed by atoms with van der Waals surface area (Å²) in [5.74, 6) is 1.26. The van der Waals surface area contributed by atoms with E-state index in [1.807, 2.05) is 13.1 Å². The smallest absolute Gasteiger partial charge is 0.0571 e. The molecule has 0 fully saturated rings. The van der Waals surface area contributed by atoms with Crippen molar-refractivity contribution in [3.05, 3.63) is 24.0 Å². The monoisotopic (exact) mass is 268 g/mol. The molecule has 3 nitrogen and oxygen atoms in total. The molecule has 102 valence electrons. The van der Waals surface area contributed by atoms with Crippen molar-refractivity contribution in [2.45, 2.75) is 38.1 Å².